The fourth-order valence-electron chi connectivity index (χ4n) is 3.70. The molecule has 0 bridgehead atoms. The molecule has 34 heavy (non-hydrogen) atoms. The Kier molecular flexibility index (Phi) is 8.72. The number of benzene rings is 1. The summed E-state index contributed by atoms with van der Waals surface area (Å²) in [6.07, 6.45) is -0.0257. The van der Waals surface area contributed by atoms with E-state index in [0.717, 1.165) is 5.57 Å². The second kappa shape index (κ2) is 11.7. The lowest BCUT2D eigenvalue weighted by atomic mass is 9.91. The third kappa shape index (κ3) is 6.18. The van der Waals surface area contributed by atoms with E-state index in [9.17, 15) is 14.7 Å². The number of hydrogen-bond acceptors (Lipinski definition) is 8. The molecular weight excluding hydrogens is 442 g/mol. The zero-order valence-electron chi connectivity index (χ0n) is 19.8. The van der Waals surface area contributed by atoms with Gasteiger partial charge in [0.05, 0.1) is 26.2 Å². The summed E-state index contributed by atoms with van der Waals surface area (Å²) in [5.41, 5.74) is 0.862. The molecule has 1 aromatic heterocycles. The quantitative estimate of drug-likeness (QED) is 0.525. The molecular formula is C25H31NO8. The van der Waals surface area contributed by atoms with Crippen LogP contribution in [0, 0.1) is 0 Å². The van der Waals surface area contributed by atoms with Crippen molar-refractivity contribution in [2.45, 2.75) is 25.9 Å². The molecule has 1 amide bonds. The predicted molar refractivity (Wildman–Crippen MR) is 125 cm³/mol. The number of ether oxygens (including phenoxy) is 4. The average molecular weight is 474 g/mol. The Morgan fingerprint density at radius 3 is 2.59 bits per heavy atom. The zero-order valence-corrected chi connectivity index (χ0v) is 19.8. The first-order valence-corrected chi connectivity index (χ1v) is 11.0. The van der Waals surface area contributed by atoms with Gasteiger partial charge in [0.15, 0.2) is 17.3 Å². The number of aromatic hydroxyl groups is 1. The van der Waals surface area contributed by atoms with Crippen molar-refractivity contribution >= 4 is 5.91 Å². The normalized spacial score (nSPS) is 14.5. The van der Waals surface area contributed by atoms with Crippen LogP contribution in [0.4, 0.5) is 0 Å². The van der Waals surface area contributed by atoms with Gasteiger partial charge in [0, 0.05) is 32.7 Å². The molecule has 0 spiro atoms. The van der Waals surface area contributed by atoms with E-state index < -0.39 is 17.1 Å². The van der Waals surface area contributed by atoms with Crippen LogP contribution in [-0.4, -0.2) is 63.0 Å². The van der Waals surface area contributed by atoms with E-state index in [1.807, 2.05) is 6.92 Å². The summed E-state index contributed by atoms with van der Waals surface area (Å²) in [5, 5.41) is 10.6. The monoisotopic (exact) mass is 473 g/mol. The summed E-state index contributed by atoms with van der Waals surface area (Å²) in [5.74, 6) is -0.237. The van der Waals surface area contributed by atoms with E-state index in [2.05, 4.69) is 6.58 Å². The van der Waals surface area contributed by atoms with Crippen molar-refractivity contribution in [3.63, 3.8) is 0 Å². The number of carbonyl (C=O) groups is 1. The molecule has 9 heteroatoms. The summed E-state index contributed by atoms with van der Waals surface area (Å²) in [6, 6.07) is 6.37. The van der Waals surface area contributed by atoms with Gasteiger partial charge in [0.1, 0.15) is 19.0 Å². The molecule has 9 nitrogen and oxygen atoms in total. The summed E-state index contributed by atoms with van der Waals surface area (Å²) in [7, 11) is 2.98. The zero-order chi connectivity index (χ0) is 24.7. The maximum Gasteiger partial charge on any atom is 0.227 e. The summed E-state index contributed by atoms with van der Waals surface area (Å²) in [6.45, 7) is 7.92. The highest BCUT2D eigenvalue weighted by molar-refractivity contribution is 5.78. The molecule has 184 valence electrons. The van der Waals surface area contributed by atoms with Crippen LogP contribution in [-0.2, 0) is 20.9 Å². The van der Waals surface area contributed by atoms with Crippen molar-refractivity contribution in [1.29, 1.82) is 0 Å². The van der Waals surface area contributed by atoms with Gasteiger partial charge in [-0.05, 0) is 30.2 Å². The second-order valence-corrected chi connectivity index (χ2v) is 8.13. The van der Waals surface area contributed by atoms with Gasteiger partial charge in [-0.25, -0.2) is 0 Å². The van der Waals surface area contributed by atoms with E-state index in [-0.39, 0.29) is 30.5 Å². The lowest BCUT2D eigenvalue weighted by molar-refractivity contribution is -0.135. The van der Waals surface area contributed by atoms with Gasteiger partial charge in [-0.15, -0.1) is 0 Å². The van der Waals surface area contributed by atoms with Gasteiger partial charge >= 0.3 is 0 Å². The molecule has 2 heterocycles. The van der Waals surface area contributed by atoms with Crippen molar-refractivity contribution in [2.24, 2.45) is 0 Å². The van der Waals surface area contributed by atoms with Crippen molar-refractivity contribution in [2.75, 3.05) is 47.1 Å². The highest BCUT2D eigenvalue weighted by Gasteiger charge is 2.29. The first-order chi connectivity index (χ1) is 16.3. The SMILES string of the molecule is C=C(C)COc1ccc([C@H](CC(=O)N2CCOCC2)c2oc(COC)cc(=O)c2O)cc1OC. The molecule has 0 saturated carbocycles. The molecule has 1 aliphatic heterocycles. The number of methoxy groups -OCH3 is 2. The highest BCUT2D eigenvalue weighted by Crippen LogP contribution is 2.38. The standard InChI is InChI=1S/C25H31NO8/c1-16(2)14-33-21-6-5-17(11-22(21)31-4)19(13-23(28)26-7-9-32-10-8-26)25-24(29)20(27)12-18(34-25)15-30-3/h5-6,11-12,19,29H,1,7-10,13-15H2,2-4H3/t19-/m0/s1. The van der Waals surface area contributed by atoms with Crippen molar-refractivity contribution in [1.82, 2.24) is 4.90 Å². The predicted octanol–water partition coefficient (Wildman–Crippen LogP) is 2.84. The minimum Gasteiger partial charge on any atom is -0.502 e. The van der Waals surface area contributed by atoms with Gasteiger partial charge in [-0.3, -0.25) is 9.59 Å². The van der Waals surface area contributed by atoms with Crippen LogP contribution in [0.5, 0.6) is 17.2 Å². The van der Waals surface area contributed by atoms with E-state index >= 15 is 0 Å². The Labute approximate surface area is 198 Å². The Bertz CT molecular complexity index is 1070. The number of amides is 1. The lowest BCUT2D eigenvalue weighted by Crippen LogP contribution is -2.41. The number of carbonyl (C=O) groups excluding carboxylic acids is 1. The first kappa shape index (κ1) is 25.3. The van der Waals surface area contributed by atoms with Crippen LogP contribution < -0.4 is 14.9 Å². The Hall–Kier alpha value is -3.30. The van der Waals surface area contributed by atoms with Gasteiger partial charge in [-0.2, -0.15) is 0 Å². The van der Waals surface area contributed by atoms with E-state index in [1.165, 1.54) is 20.3 Å². The third-order valence-electron chi connectivity index (χ3n) is 5.41. The molecule has 0 aliphatic carbocycles. The fraction of sp³-hybridized carbons (Fsp3) is 0.440. The Morgan fingerprint density at radius 2 is 1.94 bits per heavy atom. The van der Waals surface area contributed by atoms with Gasteiger partial charge < -0.3 is 33.4 Å². The molecule has 0 radical (unpaired) electrons. The minimum atomic E-state index is -0.746. The van der Waals surface area contributed by atoms with Crippen LogP contribution in [0.1, 0.15) is 36.3 Å². The van der Waals surface area contributed by atoms with Gasteiger partial charge in [-0.1, -0.05) is 12.6 Å². The highest BCUT2D eigenvalue weighted by atomic mass is 16.5. The van der Waals surface area contributed by atoms with E-state index in [1.54, 1.807) is 23.1 Å². The Balaban J connectivity index is 2.04. The number of hydrogen-bond donors (Lipinski definition) is 1. The van der Waals surface area contributed by atoms with Crippen molar-refractivity contribution < 1.29 is 33.3 Å². The molecule has 2 aromatic rings. The van der Waals surface area contributed by atoms with Crippen LogP contribution in [0.25, 0.3) is 0 Å². The number of nitrogens with zero attached hydrogens (tertiary/aromatic N) is 1. The molecule has 0 unspecified atom stereocenters. The topological polar surface area (TPSA) is 108 Å². The molecule has 1 N–H and O–H groups in total. The van der Waals surface area contributed by atoms with Crippen LogP contribution >= 0.6 is 0 Å². The molecule has 1 atom stereocenters. The van der Waals surface area contributed by atoms with Crippen molar-refractivity contribution in [3.05, 3.63) is 63.7 Å². The number of rotatable bonds is 10. The van der Waals surface area contributed by atoms with Crippen LogP contribution in [0.3, 0.4) is 0 Å². The van der Waals surface area contributed by atoms with Gasteiger partial charge in [0.25, 0.3) is 0 Å². The maximum absolute atomic E-state index is 13.1. The van der Waals surface area contributed by atoms with Crippen LogP contribution in [0.15, 0.2) is 45.6 Å². The molecule has 1 aromatic carbocycles. The molecule has 1 fully saturated rings. The molecule has 1 aliphatic rings. The lowest BCUT2D eigenvalue weighted by Gasteiger charge is -2.28. The first-order valence-electron chi connectivity index (χ1n) is 11.0. The summed E-state index contributed by atoms with van der Waals surface area (Å²) >= 11 is 0. The number of morpholine rings is 1. The summed E-state index contributed by atoms with van der Waals surface area (Å²) in [4.78, 5) is 27.3. The van der Waals surface area contributed by atoms with Crippen LogP contribution in [0.2, 0.25) is 0 Å². The maximum atomic E-state index is 13.1. The second-order valence-electron chi connectivity index (χ2n) is 8.13. The van der Waals surface area contributed by atoms with Crippen molar-refractivity contribution in [3.8, 4) is 17.2 Å². The minimum absolute atomic E-state index is 0.00110. The fourth-order valence-corrected chi connectivity index (χ4v) is 3.70. The van der Waals surface area contributed by atoms with E-state index in [0.29, 0.717) is 50.0 Å². The summed E-state index contributed by atoms with van der Waals surface area (Å²) < 4.78 is 27.5. The van der Waals surface area contributed by atoms with E-state index in [4.69, 9.17) is 23.4 Å². The molecule has 3 rings (SSSR count). The van der Waals surface area contributed by atoms with Gasteiger partial charge in [0.2, 0.25) is 17.1 Å². The third-order valence-corrected chi connectivity index (χ3v) is 5.41. The average Bonchev–Trinajstić information content (AvgIpc) is 2.84. The smallest absolute Gasteiger partial charge is 0.227 e. The largest absolute Gasteiger partial charge is 0.502 e. The Morgan fingerprint density at radius 1 is 1.21 bits per heavy atom. The molecule has 1 saturated heterocycles.